The van der Waals surface area contributed by atoms with E-state index in [1.54, 1.807) is 29.2 Å². The third kappa shape index (κ3) is 4.56. The largest absolute Gasteiger partial charge is 0.454 e. The third-order valence-electron chi connectivity index (χ3n) is 4.02. The molecule has 8 heteroatoms. The summed E-state index contributed by atoms with van der Waals surface area (Å²) in [6, 6.07) is 8.19. The first-order chi connectivity index (χ1) is 12.5. The SMILES string of the molecule is Cc1ccc(NC(=O)NCc2ccc(C(=O)N3CCOCC3)o2)cc1Cl. The van der Waals surface area contributed by atoms with Gasteiger partial charge in [-0.05, 0) is 36.8 Å². The number of furan rings is 1. The molecule has 0 radical (unpaired) electrons. The molecule has 0 atom stereocenters. The van der Waals surface area contributed by atoms with E-state index >= 15 is 0 Å². The molecule has 3 amide bonds. The first kappa shape index (κ1) is 18.3. The maximum Gasteiger partial charge on any atom is 0.319 e. The normalized spacial score (nSPS) is 14.2. The average molecular weight is 378 g/mol. The molecule has 0 bridgehead atoms. The number of benzene rings is 1. The molecule has 1 fully saturated rings. The summed E-state index contributed by atoms with van der Waals surface area (Å²) in [6.07, 6.45) is 0. The summed E-state index contributed by atoms with van der Waals surface area (Å²) in [7, 11) is 0. The molecule has 0 aliphatic carbocycles. The first-order valence-corrected chi connectivity index (χ1v) is 8.67. The zero-order valence-electron chi connectivity index (χ0n) is 14.4. The number of nitrogens with zero attached hydrogens (tertiary/aromatic N) is 1. The lowest BCUT2D eigenvalue weighted by Gasteiger charge is -2.25. The molecule has 1 saturated heterocycles. The number of morpholine rings is 1. The third-order valence-corrected chi connectivity index (χ3v) is 4.43. The van der Waals surface area contributed by atoms with Crippen LogP contribution in [0.5, 0.6) is 0 Å². The van der Waals surface area contributed by atoms with Crippen molar-refractivity contribution < 1.29 is 18.7 Å². The van der Waals surface area contributed by atoms with E-state index in [-0.39, 0.29) is 24.2 Å². The molecule has 26 heavy (non-hydrogen) atoms. The molecule has 1 aliphatic rings. The summed E-state index contributed by atoms with van der Waals surface area (Å²) in [5.41, 5.74) is 1.53. The minimum atomic E-state index is -0.387. The fraction of sp³-hybridized carbons (Fsp3) is 0.333. The molecule has 3 rings (SSSR count). The topological polar surface area (TPSA) is 83.8 Å². The number of rotatable bonds is 4. The second-order valence-corrected chi connectivity index (χ2v) is 6.35. The number of aryl methyl sites for hydroxylation is 1. The molecule has 7 nitrogen and oxygen atoms in total. The van der Waals surface area contributed by atoms with Crippen molar-refractivity contribution in [2.75, 3.05) is 31.6 Å². The van der Waals surface area contributed by atoms with Crippen LogP contribution in [0.1, 0.15) is 21.9 Å². The van der Waals surface area contributed by atoms with Gasteiger partial charge in [-0.2, -0.15) is 0 Å². The lowest BCUT2D eigenvalue weighted by Crippen LogP contribution is -2.40. The fourth-order valence-electron chi connectivity index (χ4n) is 2.52. The van der Waals surface area contributed by atoms with Gasteiger partial charge in [0.05, 0.1) is 19.8 Å². The predicted molar refractivity (Wildman–Crippen MR) is 97.5 cm³/mol. The monoisotopic (exact) mass is 377 g/mol. The number of urea groups is 1. The Labute approximate surface area is 156 Å². The van der Waals surface area contributed by atoms with Crippen LogP contribution in [0.2, 0.25) is 5.02 Å². The Morgan fingerprint density at radius 2 is 1.96 bits per heavy atom. The van der Waals surface area contributed by atoms with Crippen LogP contribution in [0.4, 0.5) is 10.5 Å². The van der Waals surface area contributed by atoms with Gasteiger partial charge < -0.3 is 24.7 Å². The Morgan fingerprint density at radius 3 is 2.69 bits per heavy atom. The Hall–Kier alpha value is -2.51. The van der Waals surface area contributed by atoms with E-state index in [9.17, 15) is 9.59 Å². The van der Waals surface area contributed by atoms with Gasteiger partial charge in [0, 0.05) is 23.8 Å². The smallest absolute Gasteiger partial charge is 0.319 e. The lowest BCUT2D eigenvalue weighted by molar-refractivity contribution is 0.0281. The van der Waals surface area contributed by atoms with E-state index in [4.69, 9.17) is 20.8 Å². The Morgan fingerprint density at radius 1 is 1.19 bits per heavy atom. The van der Waals surface area contributed by atoms with Gasteiger partial charge in [-0.15, -0.1) is 0 Å². The predicted octanol–water partition coefficient (Wildman–Crippen LogP) is 3.04. The van der Waals surface area contributed by atoms with Gasteiger partial charge in [0.2, 0.25) is 0 Å². The quantitative estimate of drug-likeness (QED) is 0.857. The molecule has 1 aromatic carbocycles. The van der Waals surface area contributed by atoms with Gasteiger partial charge in [0.1, 0.15) is 5.76 Å². The number of halogens is 1. The maximum absolute atomic E-state index is 12.3. The Kier molecular flexibility index (Phi) is 5.80. The second-order valence-electron chi connectivity index (χ2n) is 5.94. The minimum Gasteiger partial charge on any atom is -0.454 e. The van der Waals surface area contributed by atoms with Crippen LogP contribution in [-0.4, -0.2) is 43.1 Å². The van der Waals surface area contributed by atoms with E-state index < -0.39 is 0 Å². The summed E-state index contributed by atoms with van der Waals surface area (Å²) in [5, 5.41) is 5.96. The number of carbonyl (C=O) groups is 2. The molecule has 2 aromatic rings. The van der Waals surface area contributed by atoms with Crippen LogP contribution in [0.15, 0.2) is 34.7 Å². The molecule has 0 unspecified atom stereocenters. The standard InChI is InChI=1S/C18H20ClN3O4/c1-12-2-3-13(10-15(12)19)21-18(24)20-11-14-4-5-16(26-14)17(23)22-6-8-25-9-7-22/h2-5,10H,6-9,11H2,1H3,(H2,20,21,24). The summed E-state index contributed by atoms with van der Waals surface area (Å²) in [5.74, 6) is 0.589. The van der Waals surface area contributed by atoms with E-state index in [1.165, 1.54) is 0 Å². The fourth-order valence-corrected chi connectivity index (χ4v) is 2.70. The minimum absolute atomic E-state index is 0.168. The van der Waals surface area contributed by atoms with Crippen LogP contribution in [0, 0.1) is 6.92 Å². The number of carbonyl (C=O) groups excluding carboxylic acids is 2. The van der Waals surface area contributed by atoms with Gasteiger partial charge in [0.25, 0.3) is 5.91 Å². The molecule has 1 aliphatic heterocycles. The number of amides is 3. The summed E-state index contributed by atoms with van der Waals surface area (Å²) in [6.45, 7) is 4.22. The molecule has 1 aromatic heterocycles. The van der Waals surface area contributed by atoms with Crippen molar-refractivity contribution in [2.45, 2.75) is 13.5 Å². The van der Waals surface area contributed by atoms with Crippen molar-refractivity contribution in [1.82, 2.24) is 10.2 Å². The van der Waals surface area contributed by atoms with Gasteiger partial charge in [-0.3, -0.25) is 4.79 Å². The van der Waals surface area contributed by atoms with Crippen molar-refractivity contribution in [3.8, 4) is 0 Å². The maximum atomic E-state index is 12.3. The summed E-state index contributed by atoms with van der Waals surface area (Å²) >= 11 is 6.04. The lowest BCUT2D eigenvalue weighted by atomic mass is 10.2. The van der Waals surface area contributed by atoms with E-state index in [0.717, 1.165) is 5.56 Å². The highest BCUT2D eigenvalue weighted by molar-refractivity contribution is 6.31. The zero-order chi connectivity index (χ0) is 18.5. The second kappa shape index (κ2) is 8.25. The average Bonchev–Trinajstić information content (AvgIpc) is 3.12. The number of hydrogen-bond acceptors (Lipinski definition) is 4. The van der Waals surface area contributed by atoms with Gasteiger partial charge in [-0.25, -0.2) is 4.79 Å². The number of nitrogens with one attached hydrogen (secondary N) is 2. The molecule has 138 valence electrons. The van der Waals surface area contributed by atoms with E-state index in [1.807, 2.05) is 13.0 Å². The molecule has 2 heterocycles. The highest BCUT2D eigenvalue weighted by Gasteiger charge is 2.21. The van der Waals surface area contributed by atoms with Crippen LogP contribution in [-0.2, 0) is 11.3 Å². The van der Waals surface area contributed by atoms with Crippen LogP contribution in [0.3, 0.4) is 0 Å². The Bertz CT molecular complexity index is 799. The van der Waals surface area contributed by atoms with Gasteiger partial charge >= 0.3 is 6.03 Å². The van der Waals surface area contributed by atoms with E-state index in [0.29, 0.717) is 42.8 Å². The molecular formula is C18H20ClN3O4. The van der Waals surface area contributed by atoms with Crippen molar-refractivity contribution in [3.05, 3.63) is 52.4 Å². The highest BCUT2D eigenvalue weighted by atomic mass is 35.5. The zero-order valence-corrected chi connectivity index (χ0v) is 15.1. The van der Waals surface area contributed by atoms with Crippen LogP contribution < -0.4 is 10.6 Å². The number of anilines is 1. The van der Waals surface area contributed by atoms with Crippen molar-refractivity contribution in [3.63, 3.8) is 0 Å². The number of hydrogen-bond donors (Lipinski definition) is 2. The van der Waals surface area contributed by atoms with E-state index in [2.05, 4.69) is 10.6 Å². The Balaban J connectivity index is 1.51. The molecular weight excluding hydrogens is 358 g/mol. The summed E-state index contributed by atoms with van der Waals surface area (Å²) < 4.78 is 10.8. The van der Waals surface area contributed by atoms with Crippen LogP contribution in [0.25, 0.3) is 0 Å². The first-order valence-electron chi connectivity index (χ1n) is 8.29. The van der Waals surface area contributed by atoms with Crippen molar-refractivity contribution >= 4 is 29.2 Å². The molecule has 0 spiro atoms. The highest BCUT2D eigenvalue weighted by Crippen LogP contribution is 2.20. The van der Waals surface area contributed by atoms with Gasteiger partial charge in [-0.1, -0.05) is 17.7 Å². The van der Waals surface area contributed by atoms with Crippen molar-refractivity contribution in [1.29, 1.82) is 0 Å². The molecule has 2 N–H and O–H groups in total. The molecule has 0 saturated carbocycles. The van der Waals surface area contributed by atoms with Crippen molar-refractivity contribution in [2.24, 2.45) is 0 Å². The number of ether oxygens (including phenoxy) is 1. The van der Waals surface area contributed by atoms with Gasteiger partial charge in [0.15, 0.2) is 5.76 Å². The summed E-state index contributed by atoms with van der Waals surface area (Å²) in [4.78, 5) is 26.0. The van der Waals surface area contributed by atoms with Crippen LogP contribution >= 0.6 is 11.6 Å².